The van der Waals surface area contributed by atoms with Gasteiger partial charge in [0.15, 0.2) is 0 Å². The molecule has 1 rings (SSSR count). The normalized spacial score (nSPS) is 12.0. The van der Waals surface area contributed by atoms with Crippen LogP contribution in [0.15, 0.2) is 6.20 Å². The van der Waals surface area contributed by atoms with Crippen LogP contribution in [0.5, 0.6) is 0 Å². The van der Waals surface area contributed by atoms with E-state index in [4.69, 9.17) is 4.74 Å². The molecule has 0 radical (unpaired) electrons. The summed E-state index contributed by atoms with van der Waals surface area (Å²) in [5, 5.41) is 4.44. The molecule has 0 amide bonds. The molecule has 1 aromatic heterocycles. The fourth-order valence-electron chi connectivity index (χ4n) is 1.11. The highest BCUT2D eigenvalue weighted by molar-refractivity contribution is 7.11. The van der Waals surface area contributed by atoms with E-state index in [1.807, 2.05) is 6.20 Å². The molecule has 0 saturated carbocycles. The van der Waals surface area contributed by atoms with Crippen molar-refractivity contribution in [1.29, 1.82) is 0 Å². The van der Waals surface area contributed by atoms with Crippen LogP contribution < -0.4 is 5.32 Å². The molecule has 0 unspecified atom stereocenters. The third-order valence-corrected chi connectivity index (χ3v) is 3.48. The van der Waals surface area contributed by atoms with Crippen LogP contribution >= 0.6 is 11.3 Å². The van der Waals surface area contributed by atoms with Gasteiger partial charge >= 0.3 is 0 Å². The summed E-state index contributed by atoms with van der Waals surface area (Å²) in [6.45, 7) is 9.09. The number of hydrogen-bond donors (Lipinski definition) is 1. The van der Waals surface area contributed by atoms with Gasteiger partial charge in [-0.3, -0.25) is 0 Å². The Morgan fingerprint density at radius 1 is 1.47 bits per heavy atom. The lowest BCUT2D eigenvalue weighted by molar-refractivity contribution is 0.199. The summed E-state index contributed by atoms with van der Waals surface area (Å²) < 4.78 is 4.96. The van der Waals surface area contributed by atoms with Crippen molar-refractivity contribution >= 4 is 11.3 Å². The third kappa shape index (κ3) is 4.28. The second-order valence-electron chi connectivity index (χ2n) is 4.54. The first-order valence-electron chi connectivity index (χ1n) is 5.19. The lowest BCUT2D eigenvalue weighted by Gasteiger charge is -2.14. The molecule has 0 atom stereocenters. The van der Waals surface area contributed by atoms with E-state index in [1.165, 1.54) is 4.88 Å². The van der Waals surface area contributed by atoms with E-state index >= 15 is 0 Å². The minimum Gasteiger partial charge on any atom is -0.383 e. The number of hydrogen-bond acceptors (Lipinski definition) is 4. The topological polar surface area (TPSA) is 34.1 Å². The van der Waals surface area contributed by atoms with E-state index in [0.717, 1.165) is 24.7 Å². The van der Waals surface area contributed by atoms with Crippen LogP contribution in [-0.4, -0.2) is 25.2 Å². The van der Waals surface area contributed by atoms with E-state index in [9.17, 15) is 0 Å². The Bertz CT molecular complexity index is 291. The third-order valence-electron chi connectivity index (χ3n) is 2.05. The first-order chi connectivity index (χ1) is 7.04. The molecule has 0 spiro atoms. The number of ether oxygens (including phenoxy) is 1. The number of nitrogens with zero attached hydrogens (tertiary/aromatic N) is 1. The predicted octanol–water partition coefficient (Wildman–Crippen LogP) is 2.18. The van der Waals surface area contributed by atoms with Crippen LogP contribution in [0.2, 0.25) is 0 Å². The summed E-state index contributed by atoms with van der Waals surface area (Å²) in [4.78, 5) is 5.73. The Kier molecular flexibility index (Phi) is 4.70. The van der Waals surface area contributed by atoms with Crippen LogP contribution in [0.25, 0.3) is 0 Å². The second-order valence-corrected chi connectivity index (χ2v) is 5.65. The summed E-state index contributed by atoms with van der Waals surface area (Å²) in [5.74, 6) is 0. The monoisotopic (exact) mass is 228 g/mol. The molecule has 1 aromatic rings. The van der Waals surface area contributed by atoms with Crippen molar-refractivity contribution < 1.29 is 4.74 Å². The van der Waals surface area contributed by atoms with Crippen LogP contribution in [0.3, 0.4) is 0 Å². The molecule has 3 nitrogen and oxygen atoms in total. The Morgan fingerprint density at radius 3 is 2.73 bits per heavy atom. The fraction of sp³-hybridized carbons (Fsp3) is 0.727. The summed E-state index contributed by atoms with van der Waals surface area (Å²) in [6.07, 6.45) is 1.98. The van der Waals surface area contributed by atoms with Crippen molar-refractivity contribution in [2.24, 2.45) is 0 Å². The first-order valence-corrected chi connectivity index (χ1v) is 6.00. The molecule has 0 aliphatic heterocycles. The molecule has 4 heteroatoms. The summed E-state index contributed by atoms with van der Waals surface area (Å²) in [6, 6.07) is 0. The fourth-order valence-corrected chi connectivity index (χ4v) is 2.05. The van der Waals surface area contributed by atoms with Crippen LogP contribution in [0.1, 0.15) is 30.7 Å². The molecule has 0 bridgehead atoms. The molecule has 0 aliphatic rings. The molecule has 1 heterocycles. The van der Waals surface area contributed by atoms with Crippen molar-refractivity contribution in [1.82, 2.24) is 10.3 Å². The van der Waals surface area contributed by atoms with Gasteiger partial charge in [-0.1, -0.05) is 20.8 Å². The standard InChI is InChI=1S/C11H20N2OS/c1-11(2,3)9-7-13-10(15-9)8-12-5-6-14-4/h7,12H,5-6,8H2,1-4H3. The van der Waals surface area contributed by atoms with Crippen molar-refractivity contribution in [3.63, 3.8) is 0 Å². The zero-order valence-electron chi connectivity index (χ0n) is 9.96. The van der Waals surface area contributed by atoms with Crippen molar-refractivity contribution in [2.75, 3.05) is 20.3 Å². The van der Waals surface area contributed by atoms with Gasteiger partial charge in [0.25, 0.3) is 0 Å². The summed E-state index contributed by atoms with van der Waals surface area (Å²) >= 11 is 1.78. The lowest BCUT2D eigenvalue weighted by atomic mass is 9.96. The Labute approximate surface area is 95.9 Å². The highest BCUT2D eigenvalue weighted by Gasteiger charge is 2.16. The molecule has 86 valence electrons. The number of aromatic nitrogens is 1. The van der Waals surface area contributed by atoms with E-state index in [2.05, 4.69) is 31.1 Å². The number of methoxy groups -OCH3 is 1. The molecule has 0 aromatic carbocycles. The average Bonchev–Trinajstić information content (AvgIpc) is 2.60. The second kappa shape index (κ2) is 5.58. The largest absolute Gasteiger partial charge is 0.383 e. The minimum absolute atomic E-state index is 0.211. The Hall–Kier alpha value is -0.450. The van der Waals surface area contributed by atoms with Gasteiger partial charge in [0.05, 0.1) is 6.61 Å². The van der Waals surface area contributed by atoms with Crippen molar-refractivity contribution in [3.8, 4) is 0 Å². The zero-order valence-corrected chi connectivity index (χ0v) is 10.8. The van der Waals surface area contributed by atoms with Crippen LogP contribution in [0.4, 0.5) is 0 Å². The maximum atomic E-state index is 4.96. The molecule has 0 saturated heterocycles. The maximum absolute atomic E-state index is 4.96. The Balaban J connectivity index is 2.40. The van der Waals surface area contributed by atoms with Crippen molar-refractivity contribution in [3.05, 3.63) is 16.1 Å². The smallest absolute Gasteiger partial charge is 0.107 e. The molecule has 15 heavy (non-hydrogen) atoms. The maximum Gasteiger partial charge on any atom is 0.107 e. The average molecular weight is 228 g/mol. The van der Waals surface area contributed by atoms with E-state index < -0.39 is 0 Å². The quantitative estimate of drug-likeness (QED) is 0.784. The van der Waals surface area contributed by atoms with Crippen molar-refractivity contribution in [2.45, 2.75) is 32.7 Å². The lowest BCUT2D eigenvalue weighted by Crippen LogP contribution is -2.18. The van der Waals surface area contributed by atoms with Gasteiger partial charge in [-0.15, -0.1) is 11.3 Å². The van der Waals surface area contributed by atoms with Gasteiger partial charge in [0.2, 0.25) is 0 Å². The predicted molar refractivity (Wildman–Crippen MR) is 64.4 cm³/mol. The Morgan fingerprint density at radius 2 is 2.20 bits per heavy atom. The molecule has 0 aliphatic carbocycles. The highest BCUT2D eigenvalue weighted by atomic mass is 32.1. The van der Waals surface area contributed by atoms with Gasteiger partial charge in [0, 0.05) is 31.3 Å². The highest BCUT2D eigenvalue weighted by Crippen LogP contribution is 2.27. The summed E-state index contributed by atoms with van der Waals surface area (Å²) in [5.41, 5.74) is 0.211. The van der Waals surface area contributed by atoms with Crippen LogP contribution in [0, 0.1) is 0 Å². The molecular weight excluding hydrogens is 208 g/mol. The zero-order chi connectivity index (χ0) is 11.3. The van der Waals surface area contributed by atoms with Gasteiger partial charge in [-0.25, -0.2) is 4.98 Å². The SMILES string of the molecule is COCCNCc1ncc(C(C)(C)C)s1. The van der Waals surface area contributed by atoms with Gasteiger partial charge in [0.1, 0.15) is 5.01 Å². The van der Waals surface area contributed by atoms with Gasteiger partial charge in [-0.05, 0) is 5.41 Å². The van der Waals surface area contributed by atoms with E-state index in [1.54, 1.807) is 18.4 Å². The summed E-state index contributed by atoms with van der Waals surface area (Å²) in [7, 11) is 1.71. The minimum atomic E-state index is 0.211. The van der Waals surface area contributed by atoms with E-state index in [0.29, 0.717) is 0 Å². The number of rotatable bonds is 5. The number of nitrogens with one attached hydrogen (secondary N) is 1. The van der Waals surface area contributed by atoms with Gasteiger partial charge < -0.3 is 10.1 Å². The molecule has 0 fully saturated rings. The number of thiazole rings is 1. The van der Waals surface area contributed by atoms with Gasteiger partial charge in [-0.2, -0.15) is 0 Å². The van der Waals surface area contributed by atoms with Crippen LogP contribution in [-0.2, 0) is 16.7 Å². The first kappa shape index (κ1) is 12.6. The molecular formula is C11H20N2OS. The molecule has 1 N–H and O–H groups in total. The van der Waals surface area contributed by atoms with E-state index in [-0.39, 0.29) is 5.41 Å².